The van der Waals surface area contributed by atoms with Crippen molar-refractivity contribution in [2.75, 3.05) is 24.3 Å². The lowest BCUT2D eigenvalue weighted by atomic mass is 10.2. The van der Waals surface area contributed by atoms with Gasteiger partial charge in [-0.15, -0.1) is 0 Å². The largest absolute Gasteiger partial charge is 0.497 e. The first-order chi connectivity index (χ1) is 12.1. The summed E-state index contributed by atoms with van der Waals surface area (Å²) in [6, 6.07) is 14.9. The predicted molar refractivity (Wildman–Crippen MR) is 98.7 cm³/mol. The molecule has 0 saturated heterocycles. The molecule has 0 fully saturated rings. The van der Waals surface area contributed by atoms with Gasteiger partial charge in [0.05, 0.1) is 7.11 Å². The number of methoxy groups -OCH3 is 1. The van der Waals surface area contributed by atoms with Crippen molar-refractivity contribution in [2.24, 2.45) is 0 Å². The highest BCUT2D eigenvalue weighted by molar-refractivity contribution is 5.93. The van der Waals surface area contributed by atoms with Crippen LogP contribution in [0.1, 0.15) is 18.9 Å². The number of carbonyl (C=O) groups excluding carboxylic acids is 2. The molecule has 2 aromatic carbocycles. The zero-order valence-electron chi connectivity index (χ0n) is 14.5. The Labute approximate surface area is 147 Å². The van der Waals surface area contributed by atoms with Crippen LogP contribution in [0.4, 0.5) is 11.4 Å². The third-order valence-electron chi connectivity index (χ3n) is 3.48. The maximum Gasteiger partial charge on any atom is 0.225 e. The fourth-order valence-electron chi connectivity index (χ4n) is 2.28. The molecule has 6 heteroatoms. The Hall–Kier alpha value is -2.86. The van der Waals surface area contributed by atoms with Gasteiger partial charge in [0.2, 0.25) is 11.8 Å². The minimum atomic E-state index is -0.147. The van der Waals surface area contributed by atoms with E-state index in [-0.39, 0.29) is 11.8 Å². The van der Waals surface area contributed by atoms with E-state index in [4.69, 9.17) is 4.74 Å². The van der Waals surface area contributed by atoms with Gasteiger partial charge in [-0.05, 0) is 35.9 Å². The van der Waals surface area contributed by atoms with Crippen LogP contribution in [0.3, 0.4) is 0 Å². The van der Waals surface area contributed by atoms with Gasteiger partial charge in [-0.2, -0.15) is 0 Å². The van der Waals surface area contributed by atoms with Crippen molar-refractivity contribution in [3.05, 3.63) is 54.1 Å². The van der Waals surface area contributed by atoms with E-state index in [1.54, 1.807) is 31.4 Å². The molecule has 2 rings (SSSR count). The van der Waals surface area contributed by atoms with Gasteiger partial charge >= 0.3 is 0 Å². The highest BCUT2D eigenvalue weighted by Gasteiger charge is 2.04. The third-order valence-corrected chi connectivity index (χ3v) is 3.48. The summed E-state index contributed by atoms with van der Waals surface area (Å²) in [5.41, 5.74) is 2.44. The van der Waals surface area contributed by atoms with E-state index in [1.807, 2.05) is 24.3 Å². The topological polar surface area (TPSA) is 79.5 Å². The first kappa shape index (κ1) is 18.5. The number of hydrogen-bond acceptors (Lipinski definition) is 4. The summed E-state index contributed by atoms with van der Waals surface area (Å²) in [6.45, 7) is 2.71. The van der Waals surface area contributed by atoms with E-state index in [2.05, 4.69) is 16.0 Å². The van der Waals surface area contributed by atoms with Gasteiger partial charge in [0.15, 0.2) is 0 Å². The van der Waals surface area contributed by atoms with E-state index in [0.29, 0.717) is 30.9 Å². The van der Waals surface area contributed by atoms with E-state index in [0.717, 1.165) is 11.3 Å². The van der Waals surface area contributed by atoms with Crippen molar-refractivity contribution < 1.29 is 14.3 Å². The van der Waals surface area contributed by atoms with Crippen LogP contribution in [-0.4, -0.2) is 25.5 Å². The molecule has 0 saturated carbocycles. The Morgan fingerprint density at radius 3 is 2.32 bits per heavy atom. The Balaban J connectivity index is 1.72. The number of anilines is 2. The number of amides is 2. The third kappa shape index (κ3) is 6.64. The lowest BCUT2D eigenvalue weighted by Crippen LogP contribution is -2.21. The molecule has 6 nitrogen and oxygen atoms in total. The van der Waals surface area contributed by atoms with Crippen molar-refractivity contribution in [3.8, 4) is 5.75 Å². The summed E-state index contributed by atoms with van der Waals surface area (Å²) in [5.74, 6) is 0.595. The second-order valence-corrected chi connectivity index (χ2v) is 5.59. The van der Waals surface area contributed by atoms with Crippen LogP contribution in [0.15, 0.2) is 48.5 Å². The van der Waals surface area contributed by atoms with Crippen molar-refractivity contribution in [2.45, 2.75) is 19.9 Å². The van der Waals surface area contributed by atoms with Crippen LogP contribution < -0.4 is 20.7 Å². The first-order valence-corrected chi connectivity index (χ1v) is 8.08. The Morgan fingerprint density at radius 1 is 1.00 bits per heavy atom. The van der Waals surface area contributed by atoms with E-state index >= 15 is 0 Å². The highest BCUT2D eigenvalue weighted by Crippen LogP contribution is 2.15. The molecule has 0 radical (unpaired) electrons. The minimum absolute atomic E-state index is 0.0813. The summed E-state index contributed by atoms with van der Waals surface area (Å²) in [5, 5.41) is 8.74. The molecule has 2 aromatic rings. The smallest absolute Gasteiger partial charge is 0.225 e. The molecule has 0 bridgehead atoms. The molecule has 0 aliphatic heterocycles. The average molecular weight is 341 g/mol. The molecule has 0 atom stereocenters. The van der Waals surface area contributed by atoms with Gasteiger partial charge < -0.3 is 20.7 Å². The maximum absolute atomic E-state index is 12.0. The van der Waals surface area contributed by atoms with Crippen molar-refractivity contribution in [3.63, 3.8) is 0 Å². The zero-order chi connectivity index (χ0) is 18.1. The molecule has 0 aromatic heterocycles. The second-order valence-electron chi connectivity index (χ2n) is 5.59. The maximum atomic E-state index is 12.0. The van der Waals surface area contributed by atoms with Gasteiger partial charge in [0.1, 0.15) is 5.75 Å². The van der Waals surface area contributed by atoms with Gasteiger partial charge in [-0.1, -0.05) is 18.2 Å². The molecule has 0 heterocycles. The fraction of sp³-hybridized carbons (Fsp3) is 0.263. The Morgan fingerprint density at radius 2 is 1.68 bits per heavy atom. The summed E-state index contributed by atoms with van der Waals surface area (Å²) < 4.78 is 5.12. The Bertz CT molecular complexity index is 714. The molecule has 25 heavy (non-hydrogen) atoms. The standard InChI is InChI=1S/C19H23N3O3/c1-14(23)21-16-4-3-5-17(12-16)22-19(24)10-11-20-13-15-6-8-18(25-2)9-7-15/h3-9,12,20H,10-11,13H2,1-2H3,(H,21,23)(H,22,24). The van der Waals surface area contributed by atoms with Crippen LogP contribution >= 0.6 is 0 Å². The molecule has 132 valence electrons. The molecule has 0 spiro atoms. The first-order valence-electron chi connectivity index (χ1n) is 8.08. The number of nitrogens with one attached hydrogen (secondary N) is 3. The summed E-state index contributed by atoms with van der Waals surface area (Å²) in [6.07, 6.45) is 0.362. The van der Waals surface area contributed by atoms with Gasteiger partial charge in [-0.25, -0.2) is 0 Å². The summed E-state index contributed by atoms with van der Waals surface area (Å²) in [7, 11) is 1.64. The molecule has 0 aliphatic rings. The Kier molecular flexibility index (Phi) is 6.98. The van der Waals surface area contributed by atoms with Gasteiger partial charge in [-0.3, -0.25) is 9.59 Å². The van der Waals surface area contributed by atoms with Crippen molar-refractivity contribution in [1.29, 1.82) is 0 Å². The van der Waals surface area contributed by atoms with Crippen LogP contribution in [0.2, 0.25) is 0 Å². The average Bonchev–Trinajstić information content (AvgIpc) is 2.59. The van der Waals surface area contributed by atoms with Crippen molar-refractivity contribution >= 4 is 23.2 Å². The predicted octanol–water partition coefficient (Wildman–Crippen LogP) is 2.77. The molecule has 0 aliphatic carbocycles. The molecular formula is C19H23N3O3. The van der Waals surface area contributed by atoms with Crippen LogP contribution in [0, 0.1) is 0 Å². The lowest BCUT2D eigenvalue weighted by molar-refractivity contribution is -0.116. The number of rotatable bonds is 8. The zero-order valence-corrected chi connectivity index (χ0v) is 14.5. The molecular weight excluding hydrogens is 318 g/mol. The van der Waals surface area contributed by atoms with Crippen LogP contribution in [-0.2, 0) is 16.1 Å². The number of hydrogen-bond donors (Lipinski definition) is 3. The molecule has 3 N–H and O–H groups in total. The number of benzene rings is 2. The van der Waals surface area contributed by atoms with E-state index in [9.17, 15) is 9.59 Å². The van der Waals surface area contributed by atoms with Gasteiger partial charge in [0, 0.05) is 37.8 Å². The molecule has 2 amide bonds. The fourth-order valence-corrected chi connectivity index (χ4v) is 2.28. The normalized spacial score (nSPS) is 10.2. The summed E-state index contributed by atoms with van der Waals surface area (Å²) >= 11 is 0. The lowest BCUT2D eigenvalue weighted by Gasteiger charge is -2.09. The minimum Gasteiger partial charge on any atom is -0.497 e. The van der Waals surface area contributed by atoms with Crippen LogP contribution in [0.25, 0.3) is 0 Å². The molecule has 0 unspecified atom stereocenters. The van der Waals surface area contributed by atoms with E-state index < -0.39 is 0 Å². The van der Waals surface area contributed by atoms with E-state index in [1.165, 1.54) is 6.92 Å². The second kappa shape index (κ2) is 9.44. The highest BCUT2D eigenvalue weighted by atomic mass is 16.5. The quantitative estimate of drug-likeness (QED) is 0.645. The SMILES string of the molecule is COc1ccc(CNCCC(=O)Nc2cccc(NC(C)=O)c2)cc1. The van der Waals surface area contributed by atoms with Crippen LogP contribution in [0.5, 0.6) is 5.75 Å². The van der Waals surface area contributed by atoms with Crippen molar-refractivity contribution in [1.82, 2.24) is 5.32 Å². The number of ether oxygens (including phenoxy) is 1. The summed E-state index contributed by atoms with van der Waals surface area (Å²) in [4.78, 5) is 23.0. The monoisotopic (exact) mass is 341 g/mol. The van der Waals surface area contributed by atoms with Gasteiger partial charge in [0.25, 0.3) is 0 Å². The number of carbonyl (C=O) groups is 2.